The van der Waals surface area contributed by atoms with Gasteiger partial charge in [0.1, 0.15) is 0 Å². The van der Waals surface area contributed by atoms with Crippen molar-refractivity contribution in [1.82, 2.24) is 0 Å². The van der Waals surface area contributed by atoms with Crippen molar-refractivity contribution in [2.24, 2.45) is 0 Å². The Labute approximate surface area is 155 Å². The summed E-state index contributed by atoms with van der Waals surface area (Å²) >= 11 is 0. The monoisotopic (exact) mass is 380 g/mol. The average molecular weight is 380 g/mol. The molecule has 9 heteroatoms. The van der Waals surface area contributed by atoms with E-state index in [2.05, 4.69) is 0 Å². The van der Waals surface area contributed by atoms with Gasteiger partial charge in [-0.25, -0.2) is 19.2 Å². The van der Waals surface area contributed by atoms with Crippen molar-refractivity contribution >= 4 is 23.9 Å². The lowest BCUT2D eigenvalue weighted by atomic mass is 9.87. The fourth-order valence-corrected chi connectivity index (χ4v) is 2.90. The molecule has 0 aliphatic carbocycles. The van der Waals surface area contributed by atoms with E-state index in [0.717, 1.165) is 14.2 Å². The molecule has 2 rings (SSSR count). The Kier molecular flexibility index (Phi) is 6.51. The van der Waals surface area contributed by atoms with Gasteiger partial charge in [-0.2, -0.15) is 0 Å². The predicted octanol–water partition coefficient (Wildman–Crippen LogP) is 1.64. The van der Waals surface area contributed by atoms with Crippen LogP contribution in [0.2, 0.25) is 0 Å². The zero-order chi connectivity index (χ0) is 20.1. The summed E-state index contributed by atoms with van der Waals surface area (Å²) in [7, 11) is 2.18. The highest BCUT2D eigenvalue weighted by atomic mass is 16.5. The Morgan fingerprint density at radius 1 is 0.704 bits per heavy atom. The van der Waals surface area contributed by atoms with Crippen LogP contribution in [0, 0.1) is 0 Å². The van der Waals surface area contributed by atoms with Gasteiger partial charge in [0.05, 0.1) is 62.9 Å². The summed E-state index contributed by atoms with van der Waals surface area (Å²) in [6, 6.07) is 0. The van der Waals surface area contributed by atoms with Crippen LogP contribution in [0.4, 0.5) is 0 Å². The Morgan fingerprint density at radius 2 is 1.07 bits per heavy atom. The topological polar surface area (TPSA) is 114 Å². The first-order valence-electron chi connectivity index (χ1n) is 8.23. The number of esters is 4. The third-order valence-electron chi connectivity index (χ3n) is 3.95. The molecule has 0 saturated heterocycles. The lowest BCUT2D eigenvalue weighted by molar-refractivity contribution is 0.0479. The standard InChI is InChI=1S/C18H20O9/c1-5-26-17(21)11-9-7-25-8-10(9)12(18(22)27-6-2)14(16(20)24-4)13(11)15(19)23-3/h5-8H2,1-4H3. The van der Waals surface area contributed by atoms with E-state index in [-0.39, 0.29) is 48.7 Å². The van der Waals surface area contributed by atoms with Crippen molar-refractivity contribution < 1.29 is 42.9 Å². The molecule has 0 fully saturated rings. The molecule has 146 valence electrons. The van der Waals surface area contributed by atoms with Crippen LogP contribution in [0.1, 0.15) is 66.4 Å². The molecule has 0 spiro atoms. The van der Waals surface area contributed by atoms with Crippen LogP contribution in [-0.4, -0.2) is 51.3 Å². The number of hydrogen-bond acceptors (Lipinski definition) is 9. The van der Waals surface area contributed by atoms with Crippen LogP contribution in [0.25, 0.3) is 0 Å². The van der Waals surface area contributed by atoms with Gasteiger partial charge in [-0.15, -0.1) is 0 Å². The molecule has 0 atom stereocenters. The fourth-order valence-electron chi connectivity index (χ4n) is 2.90. The Bertz CT molecular complexity index is 730. The number of hydrogen-bond donors (Lipinski definition) is 0. The zero-order valence-corrected chi connectivity index (χ0v) is 15.5. The van der Waals surface area contributed by atoms with Crippen molar-refractivity contribution in [3.8, 4) is 0 Å². The predicted molar refractivity (Wildman–Crippen MR) is 89.5 cm³/mol. The number of benzene rings is 1. The molecule has 0 unspecified atom stereocenters. The van der Waals surface area contributed by atoms with Crippen LogP contribution in [-0.2, 0) is 36.9 Å². The first-order valence-corrected chi connectivity index (χ1v) is 8.23. The van der Waals surface area contributed by atoms with Gasteiger partial charge >= 0.3 is 23.9 Å². The smallest absolute Gasteiger partial charge is 0.339 e. The second kappa shape index (κ2) is 8.63. The molecule has 0 N–H and O–H groups in total. The lowest BCUT2D eigenvalue weighted by Crippen LogP contribution is -2.25. The van der Waals surface area contributed by atoms with E-state index < -0.39 is 35.0 Å². The zero-order valence-electron chi connectivity index (χ0n) is 15.5. The minimum atomic E-state index is -0.987. The summed E-state index contributed by atoms with van der Waals surface area (Å²) in [4.78, 5) is 50.1. The van der Waals surface area contributed by atoms with Crippen LogP contribution in [0.5, 0.6) is 0 Å². The normalized spacial score (nSPS) is 12.1. The van der Waals surface area contributed by atoms with E-state index in [1.165, 1.54) is 0 Å². The second-order valence-electron chi connectivity index (χ2n) is 5.37. The number of rotatable bonds is 6. The molecule has 1 aromatic carbocycles. The minimum Gasteiger partial charge on any atom is -0.465 e. The minimum absolute atomic E-state index is 0.0403. The molecule has 0 radical (unpaired) electrons. The van der Waals surface area contributed by atoms with Crippen molar-refractivity contribution in [2.45, 2.75) is 27.1 Å². The van der Waals surface area contributed by atoms with Gasteiger partial charge in [0.15, 0.2) is 0 Å². The first kappa shape index (κ1) is 20.4. The van der Waals surface area contributed by atoms with Gasteiger partial charge in [-0.3, -0.25) is 0 Å². The quantitative estimate of drug-likeness (QED) is 0.536. The molecule has 1 heterocycles. The van der Waals surface area contributed by atoms with Crippen LogP contribution in [0.3, 0.4) is 0 Å². The molecule has 1 aliphatic rings. The SMILES string of the molecule is CCOC(=O)c1c2c(c(C(=O)OCC)c(C(=O)OC)c1C(=O)OC)COC2. The maximum atomic E-state index is 12.6. The molecule has 0 bridgehead atoms. The average Bonchev–Trinajstić information content (AvgIpc) is 3.13. The molecule has 9 nitrogen and oxygen atoms in total. The molecule has 0 saturated carbocycles. The van der Waals surface area contributed by atoms with Crippen molar-refractivity contribution in [1.29, 1.82) is 0 Å². The molecule has 27 heavy (non-hydrogen) atoms. The summed E-state index contributed by atoms with van der Waals surface area (Å²) in [6.07, 6.45) is 0. The van der Waals surface area contributed by atoms with E-state index >= 15 is 0 Å². The number of carbonyl (C=O) groups excluding carboxylic acids is 4. The van der Waals surface area contributed by atoms with E-state index in [0.29, 0.717) is 0 Å². The van der Waals surface area contributed by atoms with Gasteiger partial charge in [0, 0.05) is 0 Å². The van der Waals surface area contributed by atoms with Gasteiger partial charge in [-0.05, 0) is 25.0 Å². The van der Waals surface area contributed by atoms with Crippen LogP contribution < -0.4 is 0 Å². The van der Waals surface area contributed by atoms with Crippen molar-refractivity contribution in [3.05, 3.63) is 33.4 Å². The summed E-state index contributed by atoms with van der Waals surface area (Å²) < 4.78 is 24.9. The number of fused-ring (bicyclic) bond motifs is 1. The van der Waals surface area contributed by atoms with Gasteiger partial charge in [0.2, 0.25) is 0 Å². The summed E-state index contributed by atoms with van der Waals surface area (Å²) in [5, 5.41) is 0. The van der Waals surface area contributed by atoms with Crippen molar-refractivity contribution in [3.63, 3.8) is 0 Å². The van der Waals surface area contributed by atoms with E-state index in [1.54, 1.807) is 13.8 Å². The highest BCUT2D eigenvalue weighted by Crippen LogP contribution is 2.35. The summed E-state index contributed by atoms with van der Waals surface area (Å²) in [5.41, 5.74) is -0.603. The third kappa shape index (κ3) is 3.63. The highest BCUT2D eigenvalue weighted by molar-refractivity contribution is 6.16. The number of carbonyl (C=O) groups is 4. The van der Waals surface area contributed by atoms with Gasteiger partial charge < -0.3 is 23.7 Å². The number of methoxy groups -OCH3 is 2. The maximum absolute atomic E-state index is 12.6. The van der Waals surface area contributed by atoms with E-state index in [9.17, 15) is 19.2 Å². The van der Waals surface area contributed by atoms with Crippen LogP contribution >= 0.6 is 0 Å². The first-order chi connectivity index (χ1) is 12.9. The Balaban J connectivity index is 2.97. The van der Waals surface area contributed by atoms with Crippen LogP contribution in [0.15, 0.2) is 0 Å². The maximum Gasteiger partial charge on any atom is 0.339 e. The molecule has 0 aromatic heterocycles. The largest absolute Gasteiger partial charge is 0.465 e. The Hall–Kier alpha value is -2.94. The molecule has 1 aromatic rings. The van der Waals surface area contributed by atoms with Gasteiger partial charge in [0.25, 0.3) is 0 Å². The summed E-state index contributed by atoms with van der Waals surface area (Å²) in [5.74, 6) is -3.64. The molecular weight excluding hydrogens is 360 g/mol. The van der Waals surface area contributed by atoms with Gasteiger partial charge in [-0.1, -0.05) is 0 Å². The highest BCUT2D eigenvalue weighted by Gasteiger charge is 2.39. The van der Waals surface area contributed by atoms with E-state index in [1.807, 2.05) is 0 Å². The molecular formula is C18H20O9. The number of ether oxygens (including phenoxy) is 5. The Morgan fingerprint density at radius 3 is 1.37 bits per heavy atom. The molecule has 0 amide bonds. The third-order valence-corrected chi connectivity index (χ3v) is 3.95. The fraction of sp³-hybridized carbons (Fsp3) is 0.444. The second-order valence-corrected chi connectivity index (χ2v) is 5.37. The summed E-state index contributed by atoms with van der Waals surface area (Å²) in [6.45, 7) is 3.20. The molecule has 1 aliphatic heterocycles. The van der Waals surface area contributed by atoms with Crippen molar-refractivity contribution in [2.75, 3.05) is 27.4 Å². The van der Waals surface area contributed by atoms with E-state index in [4.69, 9.17) is 23.7 Å². The lowest BCUT2D eigenvalue weighted by Gasteiger charge is -2.19.